The van der Waals surface area contributed by atoms with Crippen molar-refractivity contribution in [3.63, 3.8) is 0 Å². The van der Waals surface area contributed by atoms with E-state index < -0.39 is 0 Å². The highest BCUT2D eigenvalue weighted by atomic mass is 16.6. The molecule has 1 aliphatic rings. The summed E-state index contributed by atoms with van der Waals surface area (Å²) in [6.07, 6.45) is 18.2. The molecule has 1 atom stereocenters. The second kappa shape index (κ2) is 12.1. The van der Waals surface area contributed by atoms with Gasteiger partial charge in [0, 0.05) is 0 Å². The van der Waals surface area contributed by atoms with Gasteiger partial charge in [0.05, 0.1) is 6.61 Å². The Morgan fingerprint density at radius 2 is 1.62 bits per heavy atom. The monoisotopic (exact) mass is 330 g/mol. The molecule has 0 spiro atoms. The second-order valence-corrected chi connectivity index (χ2v) is 6.83. The van der Waals surface area contributed by atoms with Gasteiger partial charge in [-0.1, -0.05) is 56.9 Å². The summed E-state index contributed by atoms with van der Waals surface area (Å²) in [7, 11) is 0. The molecule has 0 aromatic heterocycles. The first-order chi connectivity index (χ1) is 11.9. The fourth-order valence-electron chi connectivity index (χ4n) is 2.80. The first-order valence-electron chi connectivity index (χ1n) is 9.87. The Hall–Kier alpha value is -1.28. The minimum atomic E-state index is 0.328. The van der Waals surface area contributed by atoms with Crippen LogP contribution in [0.1, 0.15) is 70.3 Å². The van der Waals surface area contributed by atoms with Crippen LogP contribution in [0, 0.1) is 0 Å². The highest BCUT2D eigenvalue weighted by Gasteiger charge is 2.22. The maximum atomic E-state index is 5.66. The Kier molecular flexibility index (Phi) is 9.63. The molecule has 0 saturated carbocycles. The van der Waals surface area contributed by atoms with Crippen molar-refractivity contribution in [1.29, 1.82) is 0 Å². The molecular formula is C22H34O2. The lowest BCUT2D eigenvalue weighted by Gasteiger charge is -2.05. The van der Waals surface area contributed by atoms with E-state index in [-0.39, 0.29) is 0 Å². The van der Waals surface area contributed by atoms with Crippen LogP contribution in [0.4, 0.5) is 0 Å². The van der Waals surface area contributed by atoms with Crippen LogP contribution in [0.5, 0.6) is 5.75 Å². The third kappa shape index (κ3) is 9.12. The molecule has 1 unspecified atom stereocenters. The molecule has 1 heterocycles. The molecule has 0 bridgehead atoms. The molecule has 0 radical (unpaired) electrons. The standard InChI is InChI=1S/C22H34O2/c1-2-3-4-5-6-7-8-9-10-11-12-13-20-14-16-21(17-15-20)23-18-22-19-24-22/h8-9,14-17,22H,2-7,10-13,18-19H2,1H3/b9-8+. The zero-order chi connectivity index (χ0) is 16.9. The van der Waals surface area contributed by atoms with E-state index in [1.54, 1.807) is 0 Å². The highest BCUT2D eigenvalue weighted by molar-refractivity contribution is 5.27. The van der Waals surface area contributed by atoms with E-state index in [1.807, 2.05) is 0 Å². The summed E-state index contributed by atoms with van der Waals surface area (Å²) < 4.78 is 10.8. The zero-order valence-electron chi connectivity index (χ0n) is 15.3. The fraction of sp³-hybridized carbons (Fsp3) is 0.636. The average Bonchev–Trinajstić information content (AvgIpc) is 3.43. The molecule has 1 aliphatic heterocycles. The number of hydrogen-bond donors (Lipinski definition) is 0. The van der Waals surface area contributed by atoms with Crippen molar-refractivity contribution in [1.82, 2.24) is 0 Å². The smallest absolute Gasteiger partial charge is 0.119 e. The number of ether oxygens (including phenoxy) is 2. The SMILES string of the molecule is CCCCCCC/C=C/CCCCc1ccc(OCC2CO2)cc1. The van der Waals surface area contributed by atoms with Crippen LogP contribution in [-0.2, 0) is 11.2 Å². The first kappa shape index (κ1) is 19.1. The third-order valence-electron chi connectivity index (χ3n) is 4.49. The summed E-state index contributed by atoms with van der Waals surface area (Å²) in [6.45, 7) is 3.81. The summed E-state index contributed by atoms with van der Waals surface area (Å²) in [6, 6.07) is 8.54. The van der Waals surface area contributed by atoms with Crippen LogP contribution < -0.4 is 4.74 Å². The largest absolute Gasteiger partial charge is 0.491 e. The van der Waals surface area contributed by atoms with Gasteiger partial charge in [-0.3, -0.25) is 0 Å². The highest BCUT2D eigenvalue weighted by Crippen LogP contribution is 2.17. The maximum Gasteiger partial charge on any atom is 0.119 e. The van der Waals surface area contributed by atoms with Gasteiger partial charge in [0.25, 0.3) is 0 Å². The van der Waals surface area contributed by atoms with Crippen LogP contribution in [0.15, 0.2) is 36.4 Å². The van der Waals surface area contributed by atoms with E-state index >= 15 is 0 Å². The van der Waals surface area contributed by atoms with Gasteiger partial charge in [-0.15, -0.1) is 0 Å². The van der Waals surface area contributed by atoms with E-state index in [0.29, 0.717) is 12.7 Å². The van der Waals surface area contributed by atoms with Crippen LogP contribution in [-0.4, -0.2) is 19.3 Å². The Balaban J connectivity index is 1.45. The zero-order valence-corrected chi connectivity index (χ0v) is 15.3. The summed E-state index contributed by atoms with van der Waals surface area (Å²) in [5, 5.41) is 0. The minimum Gasteiger partial charge on any atom is -0.491 e. The molecule has 2 nitrogen and oxygen atoms in total. The number of hydrogen-bond acceptors (Lipinski definition) is 2. The first-order valence-corrected chi connectivity index (χ1v) is 9.87. The number of rotatable bonds is 14. The number of epoxide rings is 1. The van der Waals surface area contributed by atoms with Crippen LogP contribution in [0.2, 0.25) is 0 Å². The van der Waals surface area contributed by atoms with Crippen molar-refractivity contribution in [2.24, 2.45) is 0 Å². The van der Waals surface area contributed by atoms with Gasteiger partial charge in [0.15, 0.2) is 0 Å². The molecule has 1 fully saturated rings. The normalized spacial score (nSPS) is 16.6. The Labute approximate surface area is 148 Å². The topological polar surface area (TPSA) is 21.8 Å². The predicted octanol–water partition coefficient (Wildman–Crippen LogP) is 6.09. The molecule has 0 aliphatic carbocycles. The van der Waals surface area contributed by atoms with Crippen molar-refractivity contribution in [2.45, 2.75) is 77.2 Å². The molecule has 2 heteroatoms. The Morgan fingerprint density at radius 3 is 2.29 bits per heavy atom. The lowest BCUT2D eigenvalue weighted by Crippen LogP contribution is -2.03. The molecule has 134 valence electrons. The maximum absolute atomic E-state index is 5.66. The average molecular weight is 331 g/mol. The summed E-state index contributed by atoms with van der Waals surface area (Å²) in [5.74, 6) is 0.955. The number of benzene rings is 1. The van der Waals surface area contributed by atoms with Crippen LogP contribution >= 0.6 is 0 Å². The quantitative estimate of drug-likeness (QED) is 0.234. The van der Waals surface area contributed by atoms with E-state index in [2.05, 4.69) is 43.3 Å². The fourth-order valence-corrected chi connectivity index (χ4v) is 2.80. The van der Waals surface area contributed by atoms with Crippen molar-refractivity contribution in [2.75, 3.05) is 13.2 Å². The van der Waals surface area contributed by atoms with Crippen molar-refractivity contribution >= 4 is 0 Å². The van der Waals surface area contributed by atoms with E-state index in [0.717, 1.165) is 18.8 Å². The van der Waals surface area contributed by atoms with Gasteiger partial charge in [-0.2, -0.15) is 0 Å². The molecule has 0 N–H and O–H groups in total. The van der Waals surface area contributed by atoms with Crippen molar-refractivity contribution in [3.8, 4) is 5.75 Å². The third-order valence-corrected chi connectivity index (χ3v) is 4.49. The molecule has 1 aromatic carbocycles. The van der Waals surface area contributed by atoms with Gasteiger partial charge in [-0.25, -0.2) is 0 Å². The van der Waals surface area contributed by atoms with Gasteiger partial charge < -0.3 is 9.47 Å². The van der Waals surface area contributed by atoms with E-state index in [4.69, 9.17) is 9.47 Å². The lowest BCUT2D eigenvalue weighted by atomic mass is 10.1. The summed E-state index contributed by atoms with van der Waals surface area (Å²) in [4.78, 5) is 0. The molecular weight excluding hydrogens is 296 g/mol. The number of allylic oxidation sites excluding steroid dienone is 2. The number of aryl methyl sites for hydroxylation is 1. The number of unbranched alkanes of at least 4 members (excludes halogenated alkanes) is 7. The van der Waals surface area contributed by atoms with Gasteiger partial charge in [0.1, 0.15) is 18.5 Å². The summed E-state index contributed by atoms with van der Waals surface area (Å²) >= 11 is 0. The van der Waals surface area contributed by atoms with E-state index in [9.17, 15) is 0 Å². The summed E-state index contributed by atoms with van der Waals surface area (Å²) in [5.41, 5.74) is 1.41. The molecule has 1 saturated heterocycles. The van der Waals surface area contributed by atoms with Gasteiger partial charge >= 0.3 is 0 Å². The predicted molar refractivity (Wildman–Crippen MR) is 102 cm³/mol. The Morgan fingerprint density at radius 1 is 0.958 bits per heavy atom. The Bertz CT molecular complexity index is 446. The van der Waals surface area contributed by atoms with Gasteiger partial charge in [-0.05, 0) is 56.2 Å². The van der Waals surface area contributed by atoms with Crippen molar-refractivity contribution < 1.29 is 9.47 Å². The van der Waals surface area contributed by atoms with Gasteiger partial charge in [0.2, 0.25) is 0 Å². The minimum absolute atomic E-state index is 0.328. The lowest BCUT2D eigenvalue weighted by molar-refractivity contribution is 0.263. The van der Waals surface area contributed by atoms with Crippen molar-refractivity contribution in [3.05, 3.63) is 42.0 Å². The molecule has 2 rings (SSSR count). The molecule has 24 heavy (non-hydrogen) atoms. The van der Waals surface area contributed by atoms with E-state index in [1.165, 1.54) is 63.4 Å². The van der Waals surface area contributed by atoms with Crippen LogP contribution in [0.25, 0.3) is 0 Å². The van der Waals surface area contributed by atoms with Crippen LogP contribution in [0.3, 0.4) is 0 Å². The second-order valence-electron chi connectivity index (χ2n) is 6.83. The molecule has 0 amide bonds. The molecule has 1 aromatic rings.